The Morgan fingerprint density at radius 1 is 1.11 bits per heavy atom. The van der Waals surface area contributed by atoms with Crippen molar-refractivity contribution in [3.63, 3.8) is 0 Å². The number of ether oxygens (including phenoxy) is 3. The Morgan fingerprint density at radius 3 is 2.37 bits per heavy atom. The molecular formula is C18H17FN4O3S. The molecule has 7 nitrogen and oxygen atoms in total. The maximum absolute atomic E-state index is 13.8. The van der Waals surface area contributed by atoms with Crippen LogP contribution < -0.4 is 14.2 Å². The normalized spacial score (nSPS) is 11.0. The lowest BCUT2D eigenvalue weighted by molar-refractivity contribution is 0.324. The number of hydrogen-bond donors (Lipinski definition) is 1. The summed E-state index contributed by atoms with van der Waals surface area (Å²) in [5.41, 5.74) is 0.957. The van der Waals surface area contributed by atoms with E-state index >= 15 is 0 Å². The molecule has 1 aromatic heterocycles. The molecule has 0 amide bonds. The van der Waals surface area contributed by atoms with Crippen LogP contribution in [-0.2, 0) is 0 Å². The number of rotatable bonds is 6. The van der Waals surface area contributed by atoms with E-state index in [2.05, 4.69) is 15.3 Å². The fourth-order valence-corrected chi connectivity index (χ4v) is 2.67. The summed E-state index contributed by atoms with van der Waals surface area (Å²) in [5.74, 6) is 1.41. The van der Waals surface area contributed by atoms with Gasteiger partial charge in [-0.25, -0.2) is 9.49 Å². The van der Waals surface area contributed by atoms with E-state index in [1.165, 1.54) is 38.3 Å². The second kappa shape index (κ2) is 8.00. The number of benzene rings is 2. The molecule has 27 heavy (non-hydrogen) atoms. The third-order valence-electron chi connectivity index (χ3n) is 3.79. The van der Waals surface area contributed by atoms with Gasteiger partial charge in [-0.05, 0) is 30.4 Å². The minimum Gasteiger partial charge on any atom is -0.493 e. The van der Waals surface area contributed by atoms with Crippen molar-refractivity contribution in [2.75, 3.05) is 21.3 Å². The number of aromatic amines is 1. The van der Waals surface area contributed by atoms with Gasteiger partial charge in [-0.2, -0.15) is 14.9 Å². The summed E-state index contributed by atoms with van der Waals surface area (Å²) < 4.78 is 31.5. The summed E-state index contributed by atoms with van der Waals surface area (Å²) in [6.07, 6.45) is 1.38. The summed E-state index contributed by atoms with van der Waals surface area (Å²) in [6, 6.07) is 9.75. The molecular weight excluding hydrogens is 371 g/mol. The monoisotopic (exact) mass is 388 g/mol. The minimum absolute atomic E-state index is 0.256. The Balaban J connectivity index is 2.10. The van der Waals surface area contributed by atoms with Crippen molar-refractivity contribution >= 4 is 18.4 Å². The van der Waals surface area contributed by atoms with Gasteiger partial charge in [0.15, 0.2) is 17.3 Å². The molecule has 0 saturated heterocycles. The topological polar surface area (TPSA) is 73.7 Å². The van der Waals surface area contributed by atoms with Crippen LogP contribution in [0.5, 0.6) is 17.2 Å². The molecule has 140 valence electrons. The smallest absolute Gasteiger partial charge is 0.216 e. The van der Waals surface area contributed by atoms with Crippen molar-refractivity contribution in [3.05, 3.63) is 52.5 Å². The van der Waals surface area contributed by atoms with Gasteiger partial charge < -0.3 is 14.2 Å². The van der Waals surface area contributed by atoms with Gasteiger partial charge in [-0.3, -0.25) is 0 Å². The SMILES string of the molecule is COc1cc(-c2n[nH]c(=S)n2/N=C\c2ccccc2F)cc(OC)c1OC. The van der Waals surface area contributed by atoms with Crippen LogP contribution in [0.2, 0.25) is 0 Å². The van der Waals surface area contributed by atoms with Gasteiger partial charge in [0.25, 0.3) is 0 Å². The van der Waals surface area contributed by atoms with Gasteiger partial charge in [0.2, 0.25) is 10.5 Å². The predicted octanol–water partition coefficient (Wildman–Crippen LogP) is 3.65. The van der Waals surface area contributed by atoms with Gasteiger partial charge in [-0.15, -0.1) is 0 Å². The fourth-order valence-electron chi connectivity index (χ4n) is 2.50. The van der Waals surface area contributed by atoms with Crippen LogP contribution in [0.1, 0.15) is 5.56 Å². The average Bonchev–Trinajstić information content (AvgIpc) is 3.06. The van der Waals surface area contributed by atoms with E-state index in [0.29, 0.717) is 34.2 Å². The highest BCUT2D eigenvalue weighted by atomic mass is 32.1. The molecule has 0 aliphatic heterocycles. The summed E-state index contributed by atoms with van der Waals surface area (Å²) in [4.78, 5) is 0. The summed E-state index contributed by atoms with van der Waals surface area (Å²) in [6.45, 7) is 0. The lowest BCUT2D eigenvalue weighted by Gasteiger charge is -2.13. The summed E-state index contributed by atoms with van der Waals surface area (Å²) >= 11 is 5.24. The maximum atomic E-state index is 13.8. The number of nitrogens with one attached hydrogen (secondary N) is 1. The van der Waals surface area contributed by atoms with Crippen LogP contribution in [0.4, 0.5) is 4.39 Å². The molecule has 1 N–H and O–H groups in total. The third-order valence-corrected chi connectivity index (χ3v) is 4.06. The molecule has 2 aromatic carbocycles. The Labute approximate surface area is 160 Å². The number of methoxy groups -OCH3 is 3. The first-order valence-corrected chi connectivity index (χ1v) is 8.26. The van der Waals surface area contributed by atoms with E-state index < -0.39 is 0 Å². The summed E-state index contributed by atoms with van der Waals surface area (Å²) in [5, 5.41) is 11.2. The number of halogens is 1. The quantitative estimate of drug-likeness (QED) is 0.515. The van der Waals surface area contributed by atoms with E-state index in [1.807, 2.05) is 0 Å². The number of aromatic nitrogens is 3. The Bertz CT molecular complexity index is 1020. The lowest BCUT2D eigenvalue weighted by Crippen LogP contribution is -1.99. The number of nitrogens with zero attached hydrogens (tertiary/aromatic N) is 3. The molecule has 0 unspecified atom stereocenters. The molecule has 0 aliphatic carbocycles. The van der Waals surface area contributed by atoms with Crippen molar-refractivity contribution in [1.82, 2.24) is 14.9 Å². The zero-order valence-corrected chi connectivity index (χ0v) is 15.7. The Hall–Kier alpha value is -3.20. The molecule has 0 atom stereocenters. The van der Waals surface area contributed by atoms with E-state index in [1.54, 1.807) is 30.3 Å². The molecule has 1 heterocycles. The van der Waals surface area contributed by atoms with Crippen molar-refractivity contribution in [2.24, 2.45) is 5.10 Å². The van der Waals surface area contributed by atoms with Crippen LogP contribution in [0.15, 0.2) is 41.5 Å². The summed E-state index contributed by atoms with van der Waals surface area (Å²) in [7, 11) is 4.57. The van der Waals surface area contributed by atoms with Crippen molar-refractivity contribution in [3.8, 4) is 28.6 Å². The Morgan fingerprint density at radius 2 is 1.78 bits per heavy atom. The van der Waals surface area contributed by atoms with Crippen molar-refractivity contribution < 1.29 is 18.6 Å². The highest BCUT2D eigenvalue weighted by Gasteiger charge is 2.17. The van der Waals surface area contributed by atoms with E-state index in [-0.39, 0.29) is 10.6 Å². The van der Waals surface area contributed by atoms with E-state index in [0.717, 1.165) is 0 Å². The molecule has 0 saturated carbocycles. The van der Waals surface area contributed by atoms with Crippen LogP contribution in [-0.4, -0.2) is 42.4 Å². The molecule has 0 bridgehead atoms. The molecule has 0 aliphatic rings. The van der Waals surface area contributed by atoms with Crippen molar-refractivity contribution in [2.45, 2.75) is 0 Å². The van der Waals surface area contributed by atoms with Crippen LogP contribution >= 0.6 is 12.2 Å². The van der Waals surface area contributed by atoms with Crippen molar-refractivity contribution in [1.29, 1.82) is 0 Å². The second-order valence-corrected chi connectivity index (χ2v) is 5.73. The first-order valence-electron chi connectivity index (χ1n) is 7.85. The van der Waals surface area contributed by atoms with Crippen LogP contribution in [0.25, 0.3) is 11.4 Å². The maximum Gasteiger partial charge on any atom is 0.216 e. The fraction of sp³-hybridized carbons (Fsp3) is 0.167. The molecule has 0 radical (unpaired) electrons. The molecule has 3 rings (SSSR count). The zero-order chi connectivity index (χ0) is 19.4. The van der Waals surface area contributed by atoms with Gasteiger partial charge in [0.1, 0.15) is 5.82 Å². The molecule has 9 heteroatoms. The van der Waals surface area contributed by atoms with Crippen LogP contribution in [0.3, 0.4) is 0 Å². The largest absolute Gasteiger partial charge is 0.493 e. The number of hydrogen-bond acceptors (Lipinski definition) is 6. The van der Waals surface area contributed by atoms with E-state index in [4.69, 9.17) is 26.4 Å². The highest BCUT2D eigenvalue weighted by molar-refractivity contribution is 7.71. The molecule has 3 aromatic rings. The third kappa shape index (κ3) is 3.68. The standard InChI is InChI=1S/C18H17FN4O3S/c1-24-14-8-12(9-15(25-2)16(14)26-3)17-21-22-18(27)23(17)20-10-11-6-4-5-7-13(11)19/h4-10H,1-3H3,(H,22,27)/b20-10-. The average molecular weight is 388 g/mol. The highest BCUT2D eigenvalue weighted by Crippen LogP contribution is 2.40. The zero-order valence-electron chi connectivity index (χ0n) is 14.9. The first kappa shape index (κ1) is 18.6. The molecule has 0 fully saturated rings. The van der Waals surface area contributed by atoms with Gasteiger partial charge in [0.05, 0.1) is 27.5 Å². The van der Waals surface area contributed by atoms with Gasteiger partial charge in [0, 0.05) is 11.1 Å². The first-order chi connectivity index (χ1) is 13.1. The Kier molecular flexibility index (Phi) is 5.51. The van der Waals surface area contributed by atoms with Gasteiger partial charge in [-0.1, -0.05) is 18.2 Å². The van der Waals surface area contributed by atoms with E-state index in [9.17, 15) is 4.39 Å². The number of H-pyrrole nitrogens is 1. The molecule has 0 spiro atoms. The lowest BCUT2D eigenvalue weighted by atomic mass is 10.1. The van der Waals surface area contributed by atoms with Gasteiger partial charge >= 0.3 is 0 Å². The van der Waals surface area contributed by atoms with Crippen LogP contribution in [0, 0.1) is 10.6 Å². The second-order valence-electron chi connectivity index (χ2n) is 5.34. The minimum atomic E-state index is -0.384. The predicted molar refractivity (Wildman–Crippen MR) is 102 cm³/mol.